The molecule has 1 atom stereocenters. The Morgan fingerprint density at radius 3 is 2.15 bits per heavy atom. The number of aliphatic hydroxyl groups is 1. The van der Waals surface area contributed by atoms with E-state index < -0.39 is 5.97 Å². The summed E-state index contributed by atoms with van der Waals surface area (Å²) in [6, 6.07) is 0. The first kappa shape index (κ1) is 12.2. The second-order valence-electron chi connectivity index (χ2n) is 4.36. The molecule has 76 valence electrons. The number of carbonyl (C=O) groups is 1. The van der Waals surface area contributed by atoms with Gasteiger partial charge >= 0.3 is 5.97 Å². The zero-order valence-electron chi connectivity index (χ0n) is 8.50. The average Bonchev–Trinajstić information content (AvgIpc) is 1.96. The molecule has 0 aromatic rings. The lowest BCUT2D eigenvalue weighted by Crippen LogP contribution is -2.25. The van der Waals surface area contributed by atoms with Gasteiger partial charge in [-0.25, -0.2) is 4.79 Å². The molecule has 0 spiro atoms. The van der Waals surface area contributed by atoms with Crippen LogP contribution in [0.1, 0.15) is 27.2 Å². The summed E-state index contributed by atoms with van der Waals surface area (Å²) in [5.74, 6) is -1.03. The van der Waals surface area contributed by atoms with Gasteiger partial charge in [-0.15, -0.1) is 0 Å². The van der Waals surface area contributed by atoms with Crippen molar-refractivity contribution in [2.75, 3.05) is 6.61 Å². The first-order chi connectivity index (χ1) is 5.79. The molecule has 0 heterocycles. The molecule has 0 saturated heterocycles. The topological polar surface area (TPSA) is 57.5 Å². The van der Waals surface area contributed by atoms with Crippen LogP contribution in [0.3, 0.4) is 0 Å². The van der Waals surface area contributed by atoms with Crippen LogP contribution in [0, 0.1) is 11.3 Å². The Labute approximate surface area is 79.1 Å². The van der Waals surface area contributed by atoms with Crippen LogP contribution in [0.5, 0.6) is 0 Å². The van der Waals surface area contributed by atoms with E-state index in [1.807, 2.05) is 20.8 Å². The minimum atomic E-state index is -0.984. The Hall–Kier alpha value is -0.830. The number of carboxylic acids is 1. The molecule has 0 aromatic heterocycles. The van der Waals surface area contributed by atoms with Gasteiger partial charge in [-0.3, -0.25) is 0 Å². The number of aliphatic carboxylic acids is 1. The summed E-state index contributed by atoms with van der Waals surface area (Å²) in [7, 11) is 0. The fourth-order valence-electron chi connectivity index (χ4n) is 1.03. The van der Waals surface area contributed by atoms with Crippen LogP contribution in [-0.4, -0.2) is 22.8 Å². The van der Waals surface area contributed by atoms with Gasteiger partial charge in [0.15, 0.2) is 0 Å². The Bertz CT molecular complexity index is 201. The Kier molecular flexibility index (Phi) is 4.14. The molecule has 0 rings (SSSR count). The van der Waals surface area contributed by atoms with E-state index in [-0.39, 0.29) is 23.5 Å². The predicted octanol–water partition coefficient (Wildman–Crippen LogP) is 1.67. The number of carboxylic acid groups (broad SMARTS) is 1. The second kappa shape index (κ2) is 4.42. The summed E-state index contributed by atoms with van der Waals surface area (Å²) in [6.07, 6.45) is 0.343. The number of hydrogen-bond donors (Lipinski definition) is 2. The summed E-state index contributed by atoms with van der Waals surface area (Å²) in [4.78, 5) is 10.5. The quantitative estimate of drug-likeness (QED) is 0.657. The summed E-state index contributed by atoms with van der Waals surface area (Å²) in [5, 5.41) is 17.7. The highest BCUT2D eigenvalue weighted by Gasteiger charge is 2.25. The zero-order chi connectivity index (χ0) is 10.6. The summed E-state index contributed by atoms with van der Waals surface area (Å²) in [5.41, 5.74) is 0.0709. The highest BCUT2D eigenvalue weighted by Crippen LogP contribution is 2.30. The molecule has 0 fully saturated rings. The molecule has 3 nitrogen and oxygen atoms in total. The Balaban J connectivity index is 4.31. The normalized spacial score (nSPS) is 13.8. The molecular weight excluding hydrogens is 168 g/mol. The molecule has 0 radical (unpaired) electrons. The van der Waals surface area contributed by atoms with Crippen LogP contribution in [0.15, 0.2) is 12.2 Å². The van der Waals surface area contributed by atoms with Crippen molar-refractivity contribution in [3.05, 3.63) is 12.2 Å². The van der Waals surface area contributed by atoms with Crippen molar-refractivity contribution in [2.45, 2.75) is 27.2 Å². The molecule has 0 aliphatic heterocycles. The first-order valence-electron chi connectivity index (χ1n) is 4.31. The second-order valence-corrected chi connectivity index (χ2v) is 4.36. The van der Waals surface area contributed by atoms with Gasteiger partial charge in [-0.1, -0.05) is 27.4 Å². The van der Waals surface area contributed by atoms with Crippen LogP contribution < -0.4 is 0 Å². The fourth-order valence-corrected chi connectivity index (χ4v) is 1.03. The monoisotopic (exact) mass is 186 g/mol. The van der Waals surface area contributed by atoms with Gasteiger partial charge in [0.2, 0.25) is 0 Å². The average molecular weight is 186 g/mol. The Morgan fingerprint density at radius 2 is 1.92 bits per heavy atom. The van der Waals surface area contributed by atoms with Crippen molar-refractivity contribution in [1.82, 2.24) is 0 Å². The van der Waals surface area contributed by atoms with E-state index >= 15 is 0 Å². The molecule has 0 aliphatic rings. The number of aliphatic hydroxyl groups excluding tert-OH is 1. The number of hydrogen-bond acceptors (Lipinski definition) is 2. The van der Waals surface area contributed by atoms with Gasteiger partial charge < -0.3 is 10.2 Å². The van der Waals surface area contributed by atoms with Gasteiger partial charge in [0.1, 0.15) is 0 Å². The lowest BCUT2D eigenvalue weighted by molar-refractivity contribution is -0.133. The zero-order valence-corrected chi connectivity index (χ0v) is 8.50. The molecule has 0 saturated carbocycles. The Morgan fingerprint density at radius 1 is 1.46 bits per heavy atom. The molecule has 13 heavy (non-hydrogen) atoms. The molecule has 3 heteroatoms. The number of rotatable bonds is 4. The summed E-state index contributed by atoms with van der Waals surface area (Å²) < 4.78 is 0. The van der Waals surface area contributed by atoms with Crippen molar-refractivity contribution in [2.24, 2.45) is 11.3 Å². The maximum Gasteiger partial charge on any atom is 0.330 e. The van der Waals surface area contributed by atoms with Crippen LogP contribution >= 0.6 is 0 Å². The van der Waals surface area contributed by atoms with Crippen molar-refractivity contribution >= 4 is 5.97 Å². The van der Waals surface area contributed by atoms with Crippen LogP contribution in [0.4, 0.5) is 0 Å². The largest absolute Gasteiger partial charge is 0.478 e. The first-order valence-corrected chi connectivity index (χ1v) is 4.31. The van der Waals surface area contributed by atoms with Gasteiger partial charge in [0.05, 0.1) is 0 Å². The standard InChI is InChI=1S/C10H18O3/c1-7(9(12)13)5-8(6-11)10(2,3)4/h8,11H,1,5-6H2,2-4H3,(H,12,13). The van der Waals surface area contributed by atoms with Crippen molar-refractivity contribution in [1.29, 1.82) is 0 Å². The van der Waals surface area contributed by atoms with Gasteiger partial charge in [-0.2, -0.15) is 0 Å². The van der Waals surface area contributed by atoms with Crippen molar-refractivity contribution < 1.29 is 15.0 Å². The van der Waals surface area contributed by atoms with E-state index in [9.17, 15) is 4.79 Å². The third-order valence-electron chi connectivity index (χ3n) is 2.24. The molecule has 0 aliphatic carbocycles. The third-order valence-corrected chi connectivity index (χ3v) is 2.24. The lowest BCUT2D eigenvalue weighted by atomic mass is 9.78. The van der Waals surface area contributed by atoms with Crippen LogP contribution in [0.2, 0.25) is 0 Å². The summed E-state index contributed by atoms with van der Waals surface area (Å²) in [6.45, 7) is 9.37. The molecule has 0 amide bonds. The van der Waals surface area contributed by atoms with Crippen LogP contribution in [0.25, 0.3) is 0 Å². The van der Waals surface area contributed by atoms with Crippen molar-refractivity contribution in [3.63, 3.8) is 0 Å². The summed E-state index contributed by atoms with van der Waals surface area (Å²) >= 11 is 0. The molecule has 2 N–H and O–H groups in total. The molecule has 0 aromatic carbocycles. The van der Waals surface area contributed by atoms with Gasteiger partial charge in [0, 0.05) is 12.2 Å². The van der Waals surface area contributed by atoms with Crippen LogP contribution in [-0.2, 0) is 4.79 Å². The van der Waals surface area contributed by atoms with E-state index in [2.05, 4.69) is 6.58 Å². The fraction of sp³-hybridized carbons (Fsp3) is 0.700. The molecule has 0 bridgehead atoms. The lowest BCUT2D eigenvalue weighted by Gasteiger charge is -2.28. The van der Waals surface area contributed by atoms with Gasteiger partial charge in [-0.05, 0) is 17.8 Å². The minimum Gasteiger partial charge on any atom is -0.478 e. The third kappa shape index (κ3) is 4.08. The smallest absolute Gasteiger partial charge is 0.330 e. The molecular formula is C10H18O3. The van der Waals surface area contributed by atoms with E-state index in [4.69, 9.17) is 10.2 Å². The van der Waals surface area contributed by atoms with Gasteiger partial charge in [0.25, 0.3) is 0 Å². The maximum absolute atomic E-state index is 10.5. The maximum atomic E-state index is 10.5. The van der Waals surface area contributed by atoms with E-state index in [0.717, 1.165) is 0 Å². The predicted molar refractivity (Wildman–Crippen MR) is 51.4 cm³/mol. The SMILES string of the molecule is C=C(CC(CO)C(C)(C)C)C(=O)O. The van der Waals surface area contributed by atoms with E-state index in [1.165, 1.54) is 0 Å². The minimum absolute atomic E-state index is 0.00417. The van der Waals surface area contributed by atoms with E-state index in [1.54, 1.807) is 0 Å². The molecule has 1 unspecified atom stereocenters. The highest BCUT2D eigenvalue weighted by molar-refractivity contribution is 5.85. The van der Waals surface area contributed by atoms with E-state index in [0.29, 0.717) is 6.42 Å². The highest BCUT2D eigenvalue weighted by atomic mass is 16.4. The van der Waals surface area contributed by atoms with Crippen molar-refractivity contribution in [3.8, 4) is 0 Å².